The topological polar surface area (TPSA) is 55.8 Å². The van der Waals surface area contributed by atoms with Crippen LogP contribution >= 0.6 is 0 Å². The van der Waals surface area contributed by atoms with Crippen LogP contribution < -0.4 is 4.74 Å². The monoisotopic (exact) mass is 351 g/mol. The van der Waals surface area contributed by atoms with E-state index >= 15 is 0 Å². The number of amides is 2. The van der Waals surface area contributed by atoms with Crippen LogP contribution in [-0.2, 0) is 11.0 Å². The van der Waals surface area contributed by atoms with Crippen molar-refractivity contribution in [2.75, 3.05) is 13.2 Å². The maximum atomic E-state index is 12.5. The Morgan fingerprint density at radius 1 is 0.840 bits per heavy atom. The molecule has 25 heavy (non-hydrogen) atoms. The molecule has 0 saturated heterocycles. The van der Waals surface area contributed by atoms with Gasteiger partial charge in [-0.2, -0.15) is 13.2 Å². The molecule has 0 spiro atoms. The smallest absolute Gasteiger partial charge is 0.416 e. The molecule has 1 aliphatic heterocycles. The van der Waals surface area contributed by atoms with Gasteiger partial charge in [0.05, 0.1) is 16.7 Å². The number of hydroxylamine groups is 2. The number of nitrogens with zero attached hydrogens (tertiary/aromatic N) is 1. The highest BCUT2D eigenvalue weighted by Crippen LogP contribution is 2.30. The van der Waals surface area contributed by atoms with Gasteiger partial charge in [0.25, 0.3) is 11.8 Å². The van der Waals surface area contributed by atoms with Crippen molar-refractivity contribution in [2.24, 2.45) is 0 Å². The number of ether oxygens (including phenoxy) is 1. The van der Waals surface area contributed by atoms with Gasteiger partial charge < -0.3 is 4.74 Å². The molecule has 8 heteroatoms. The molecule has 0 bridgehead atoms. The second kappa shape index (κ2) is 6.56. The van der Waals surface area contributed by atoms with E-state index in [0.29, 0.717) is 5.06 Å². The van der Waals surface area contributed by atoms with E-state index in [1.165, 1.54) is 24.3 Å². The normalized spacial score (nSPS) is 14.0. The van der Waals surface area contributed by atoms with Crippen molar-refractivity contribution in [3.05, 3.63) is 65.2 Å². The van der Waals surface area contributed by atoms with Crippen molar-refractivity contribution in [1.82, 2.24) is 5.06 Å². The van der Waals surface area contributed by atoms with Crippen LogP contribution in [0, 0.1) is 0 Å². The summed E-state index contributed by atoms with van der Waals surface area (Å²) in [5.41, 5.74) is -0.255. The summed E-state index contributed by atoms with van der Waals surface area (Å²) >= 11 is 0. The molecule has 2 aromatic rings. The van der Waals surface area contributed by atoms with Gasteiger partial charge in [-0.3, -0.25) is 14.4 Å². The van der Waals surface area contributed by atoms with Crippen LogP contribution in [0.3, 0.4) is 0 Å². The van der Waals surface area contributed by atoms with Gasteiger partial charge in [-0.25, -0.2) is 0 Å². The number of hydrogen-bond acceptors (Lipinski definition) is 4. The number of halogens is 3. The van der Waals surface area contributed by atoms with E-state index in [4.69, 9.17) is 9.57 Å². The minimum atomic E-state index is -4.41. The zero-order valence-electron chi connectivity index (χ0n) is 12.7. The summed E-state index contributed by atoms with van der Waals surface area (Å²) in [6.07, 6.45) is -4.41. The molecule has 0 aromatic heterocycles. The fourth-order valence-electron chi connectivity index (χ4n) is 2.31. The van der Waals surface area contributed by atoms with Gasteiger partial charge in [0, 0.05) is 0 Å². The Hall–Kier alpha value is -2.87. The minimum absolute atomic E-state index is 0.0429. The molecule has 0 N–H and O–H groups in total. The SMILES string of the molecule is O=C1c2ccccc2C(=O)N1OCCOc1ccc(C(F)(F)F)cc1. The minimum Gasteiger partial charge on any atom is -0.491 e. The van der Waals surface area contributed by atoms with Crippen molar-refractivity contribution in [1.29, 1.82) is 0 Å². The molecule has 0 radical (unpaired) electrons. The molecule has 0 saturated carbocycles. The summed E-state index contributed by atoms with van der Waals surface area (Å²) in [6.45, 7) is -0.161. The lowest BCUT2D eigenvalue weighted by Gasteiger charge is -2.14. The molecule has 1 aliphatic rings. The van der Waals surface area contributed by atoms with Crippen LogP contribution in [0.5, 0.6) is 5.75 Å². The number of fused-ring (bicyclic) bond motifs is 1. The lowest BCUT2D eigenvalue weighted by molar-refractivity contribution is -0.137. The number of benzene rings is 2. The third-order valence-corrected chi connectivity index (χ3v) is 3.51. The third kappa shape index (κ3) is 3.48. The van der Waals surface area contributed by atoms with Gasteiger partial charge in [-0.1, -0.05) is 12.1 Å². The van der Waals surface area contributed by atoms with Gasteiger partial charge >= 0.3 is 6.18 Å². The van der Waals surface area contributed by atoms with Crippen LogP contribution in [0.4, 0.5) is 13.2 Å². The Morgan fingerprint density at radius 2 is 1.40 bits per heavy atom. The summed E-state index contributed by atoms with van der Waals surface area (Å²) in [5, 5.41) is 0.654. The van der Waals surface area contributed by atoms with Crippen molar-refractivity contribution in [3.8, 4) is 5.75 Å². The number of imide groups is 1. The lowest BCUT2D eigenvalue weighted by Crippen LogP contribution is -2.31. The van der Waals surface area contributed by atoms with E-state index in [1.54, 1.807) is 12.1 Å². The summed E-state index contributed by atoms with van der Waals surface area (Å²) in [6, 6.07) is 10.5. The van der Waals surface area contributed by atoms with Crippen molar-refractivity contribution >= 4 is 11.8 Å². The number of hydrogen-bond donors (Lipinski definition) is 0. The third-order valence-electron chi connectivity index (χ3n) is 3.51. The quantitative estimate of drug-likeness (QED) is 0.613. The summed E-state index contributed by atoms with van der Waals surface area (Å²) in [4.78, 5) is 29.2. The molecule has 1 heterocycles. The number of carbonyl (C=O) groups excluding carboxylic acids is 2. The molecule has 3 rings (SSSR count). The highest BCUT2D eigenvalue weighted by atomic mass is 19.4. The Kier molecular flexibility index (Phi) is 4.45. The molecular formula is C17H12F3NO4. The Balaban J connectivity index is 1.51. The van der Waals surface area contributed by atoms with E-state index in [9.17, 15) is 22.8 Å². The largest absolute Gasteiger partial charge is 0.491 e. The molecule has 0 aliphatic carbocycles. The van der Waals surface area contributed by atoms with Crippen molar-refractivity contribution in [3.63, 3.8) is 0 Å². The highest BCUT2D eigenvalue weighted by molar-refractivity contribution is 6.20. The maximum absolute atomic E-state index is 12.5. The predicted octanol–water partition coefficient (Wildman–Crippen LogP) is 3.31. The number of rotatable bonds is 5. The Bertz CT molecular complexity index is 767. The second-order valence-corrected chi connectivity index (χ2v) is 5.15. The van der Waals surface area contributed by atoms with Crippen molar-refractivity contribution < 1.29 is 32.3 Å². The van der Waals surface area contributed by atoms with Gasteiger partial charge in [-0.05, 0) is 36.4 Å². The van der Waals surface area contributed by atoms with Crippen molar-refractivity contribution in [2.45, 2.75) is 6.18 Å². The zero-order valence-corrected chi connectivity index (χ0v) is 12.7. The van der Waals surface area contributed by atoms with Crippen LogP contribution in [0.1, 0.15) is 26.3 Å². The molecular weight excluding hydrogens is 339 g/mol. The van der Waals surface area contributed by atoms with E-state index < -0.39 is 23.6 Å². The standard InChI is InChI=1S/C17H12F3NO4/c18-17(19,20)11-5-7-12(8-6-11)24-9-10-25-21-15(22)13-3-1-2-4-14(13)16(21)23/h1-8H,9-10H2. The van der Waals surface area contributed by atoms with Gasteiger partial charge in [0.2, 0.25) is 0 Å². The van der Waals surface area contributed by atoms with E-state index in [1.807, 2.05) is 0 Å². The van der Waals surface area contributed by atoms with Crippen LogP contribution in [0.15, 0.2) is 48.5 Å². The molecule has 130 valence electrons. The lowest BCUT2D eigenvalue weighted by atomic mass is 10.1. The average molecular weight is 351 g/mol. The first kappa shape index (κ1) is 17.0. The Labute approximate surface area is 140 Å². The van der Waals surface area contributed by atoms with E-state index in [2.05, 4.69) is 0 Å². The van der Waals surface area contributed by atoms with E-state index in [-0.39, 0.29) is 30.1 Å². The molecule has 5 nitrogen and oxygen atoms in total. The van der Waals surface area contributed by atoms with Gasteiger partial charge in [0.15, 0.2) is 0 Å². The molecule has 0 atom stereocenters. The molecule has 0 fully saturated rings. The molecule has 0 unspecified atom stereocenters. The van der Waals surface area contributed by atoms with Crippen LogP contribution in [0.25, 0.3) is 0 Å². The maximum Gasteiger partial charge on any atom is 0.416 e. The first-order valence-corrected chi connectivity index (χ1v) is 7.29. The fraction of sp³-hybridized carbons (Fsp3) is 0.176. The first-order valence-electron chi connectivity index (χ1n) is 7.29. The first-order chi connectivity index (χ1) is 11.9. The predicted molar refractivity (Wildman–Crippen MR) is 79.8 cm³/mol. The average Bonchev–Trinajstić information content (AvgIpc) is 2.83. The zero-order chi connectivity index (χ0) is 18.0. The number of alkyl halides is 3. The van der Waals surface area contributed by atoms with Gasteiger partial charge in [-0.15, -0.1) is 5.06 Å². The molecule has 2 amide bonds. The summed E-state index contributed by atoms with van der Waals surface area (Å²) in [5.74, 6) is -0.899. The van der Waals surface area contributed by atoms with E-state index in [0.717, 1.165) is 12.1 Å². The Morgan fingerprint density at radius 3 is 1.92 bits per heavy atom. The second-order valence-electron chi connectivity index (χ2n) is 5.15. The fourth-order valence-corrected chi connectivity index (χ4v) is 2.31. The number of carbonyl (C=O) groups is 2. The highest BCUT2D eigenvalue weighted by Gasteiger charge is 2.36. The van der Waals surface area contributed by atoms with Crippen LogP contribution in [-0.4, -0.2) is 30.1 Å². The van der Waals surface area contributed by atoms with Gasteiger partial charge in [0.1, 0.15) is 19.0 Å². The summed E-state index contributed by atoms with van der Waals surface area (Å²) < 4.78 is 42.6. The summed E-state index contributed by atoms with van der Waals surface area (Å²) in [7, 11) is 0. The molecule has 2 aromatic carbocycles. The van der Waals surface area contributed by atoms with Crippen LogP contribution in [0.2, 0.25) is 0 Å².